The van der Waals surface area contributed by atoms with Gasteiger partial charge in [-0.1, -0.05) is 23.3 Å². The van der Waals surface area contributed by atoms with E-state index in [1.807, 2.05) is 37.4 Å². The summed E-state index contributed by atoms with van der Waals surface area (Å²) < 4.78 is 0. The minimum Gasteiger partial charge on any atom is -0.374 e. The maximum atomic E-state index is 8.09. The highest BCUT2D eigenvalue weighted by atomic mass is 15.2. The molecule has 0 unspecified atom stereocenters. The highest BCUT2D eigenvalue weighted by molar-refractivity contribution is 5.44. The Kier molecular flexibility index (Phi) is 3.67. The third-order valence-corrected chi connectivity index (χ3v) is 1.80. The van der Waals surface area contributed by atoms with Crippen LogP contribution in [0.15, 0.2) is 35.4 Å². The van der Waals surface area contributed by atoms with Crippen molar-refractivity contribution in [3.05, 3.63) is 40.8 Å². The number of likely N-dealkylation sites (N-methyl/N-ethyl adjacent to an activating group) is 1. The predicted molar refractivity (Wildman–Crippen MR) is 53.7 cm³/mol. The van der Waals surface area contributed by atoms with Gasteiger partial charge in [-0.3, -0.25) is 0 Å². The van der Waals surface area contributed by atoms with Crippen LogP contribution < -0.4 is 4.90 Å². The van der Waals surface area contributed by atoms with E-state index < -0.39 is 0 Å². The zero-order valence-corrected chi connectivity index (χ0v) is 7.59. The highest BCUT2D eigenvalue weighted by Gasteiger charge is 1.96. The molecule has 0 N–H and O–H groups in total. The Morgan fingerprint density at radius 3 is 2.69 bits per heavy atom. The summed E-state index contributed by atoms with van der Waals surface area (Å²) in [6.45, 7) is 1.25. The molecular formula is C9H12N4. The molecule has 0 saturated carbocycles. The van der Waals surface area contributed by atoms with Gasteiger partial charge in [0.25, 0.3) is 0 Å². The van der Waals surface area contributed by atoms with E-state index in [4.69, 9.17) is 5.53 Å². The number of para-hydroxylation sites is 1. The van der Waals surface area contributed by atoms with Crippen molar-refractivity contribution in [1.29, 1.82) is 0 Å². The molecule has 13 heavy (non-hydrogen) atoms. The van der Waals surface area contributed by atoms with E-state index in [2.05, 4.69) is 14.9 Å². The van der Waals surface area contributed by atoms with Gasteiger partial charge in [0.05, 0.1) is 0 Å². The second-order valence-electron chi connectivity index (χ2n) is 2.71. The van der Waals surface area contributed by atoms with Crippen molar-refractivity contribution in [2.45, 2.75) is 0 Å². The van der Waals surface area contributed by atoms with Gasteiger partial charge in [0.1, 0.15) is 0 Å². The summed E-state index contributed by atoms with van der Waals surface area (Å²) in [5.74, 6) is 0. The number of rotatable bonds is 4. The number of hydrogen-bond acceptors (Lipinski definition) is 2. The minimum atomic E-state index is 0.502. The Hall–Kier alpha value is -1.67. The second-order valence-corrected chi connectivity index (χ2v) is 2.71. The SMILES string of the molecule is CN(CCN=[N+]=[N-])c1ccccc1. The molecule has 1 aromatic rings. The third kappa shape index (κ3) is 3.05. The van der Waals surface area contributed by atoms with Crippen molar-refractivity contribution in [3.63, 3.8) is 0 Å². The van der Waals surface area contributed by atoms with Crippen molar-refractivity contribution in [2.75, 3.05) is 25.0 Å². The van der Waals surface area contributed by atoms with E-state index in [1.165, 1.54) is 0 Å². The molecule has 0 atom stereocenters. The topological polar surface area (TPSA) is 52.0 Å². The molecule has 4 nitrogen and oxygen atoms in total. The quantitative estimate of drug-likeness (QED) is 0.395. The van der Waals surface area contributed by atoms with Crippen LogP contribution in [0.3, 0.4) is 0 Å². The van der Waals surface area contributed by atoms with Gasteiger partial charge in [-0.15, -0.1) is 0 Å². The summed E-state index contributed by atoms with van der Waals surface area (Å²) in [5.41, 5.74) is 9.22. The van der Waals surface area contributed by atoms with Crippen LogP contribution in [0.5, 0.6) is 0 Å². The van der Waals surface area contributed by atoms with E-state index >= 15 is 0 Å². The fourth-order valence-electron chi connectivity index (χ4n) is 1.05. The van der Waals surface area contributed by atoms with E-state index in [0.717, 1.165) is 12.2 Å². The fraction of sp³-hybridized carbons (Fsp3) is 0.333. The number of anilines is 1. The van der Waals surface area contributed by atoms with Gasteiger partial charge >= 0.3 is 0 Å². The Balaban J connectivity index is 2.48. The first kappa shape index (κ1) is 9.42. The number of hydrogen-bond donors (Lipinski definition) is 0. The lowest BCUT2D eigenvalue weighted by Gasteiger charge is -2.17. The zero-order valence-electron chi connectivity index (χ0n) is 7.59. The molecule has 0 radical (unpaired) electrons. The molecule has 0 spiro atoms. The molecule has 1 aromatic carbocycles. The Labute approximate surface area is 77.4 Å². The molecular weight excluding hydrogens is 164 g/mol. The first-order valence-corrected chi connectivity index (χ1v) is 4.11. The van der Waals surface area contributed by atoms with E-state index in [1.54, 1.807) is 0 Å². The Morgan fingerprint density at radius 1 is 1.38 bits per heavy atom. The van der Waals surface area contributed by atoms with Gasteiger partial charge in [-0.2, -0.15) is 0 Å². The molecule has 0 saturated heterocycles. The second kappa shape index (κ2) is 5.06. The van der Waals surface area contributed by atoms with Crippen molar-refractivity contribution < 1.29 is 0 Å². The van der Waals surface area contributed by atoms with Crippen LogP contribution in [0.1, 0.15) is 0 Å². The van der Waals surface area contributed by atoms with Crippen LogP contribution >= 0.6 is 0 Å². The number of nitrogens with zero attached hydrogens (tertiary/aromatic N) is 4. The van der Waals surface area contributed by atoms with Crippen LogP contribution in [-0.4, -0.2) is 20.1 Å². The summed E-state index contributed by atoms with van der Waals surface area (Å²) in [4.78, 5) is 4.75. The lowest BCUT2D eigenvalue weighted by atomic mass is 10.3. The molecule has 0 aliphatic rings. The monoisotopic (exact) mass is 176 g/mol. The predicted octanol–water partition coefficient (Wildman–Crippen LogP) is 2.43. The van der Waals surface area contributed by atoms with E-state index in [9.17, 15) is 0 Å². The normalized spacial score (nSPS) is 9.00. The summed E-state index contributed by atoms with van der Waals surface area (Å²) in [6, 6.07) is 10.00. The summed E-state index contributed by atoms with van der Waals surface area (Å²) in [6.07, 6.45) is 0. The number of azide groups is 1. The summed E-state index contributed by atoms with van der Waals surface area (Å²) >= 11 is 0. The van der Waals surface area contributed by atoms with Gasteiger partial charge in [0, 0.05) is 30.7 Å². The van der Waals surface area contributed by atoms with Gasteiger partial charge in [-0.05, 0) is 17.7 Å². The molecule has 0 fully saturated rings. The molecule has 1 rings (SSSR count). The summed E-state index contributed by atoms with van der Waals surface area (Å²) in [7, 11) is 1.97. The fourth-order valence-corrected chi connectivity index (χ4v) is 1.05. The van der Waals surface area contributed by atoms with E-state index in [-0.39, 0.29) is 0 Å². The molecule has 0 heterocycles. The van der Waals surface area contributed by atoms with Crippen molar-refractivity contribution in [1.82, 2.24) is 0 Å². The standard InChI is InChI=1S/C9H12N4/c1-13(8-7-11-12-10)9-5-3-2-4-6-9/h2-6H,7-8H2,1H3. The largest absolute Gasteiger partial charge is 0.374 e. The average molecular weight is 176 g/mol. The maximum absolute atomic E-state index is 8.09. The Morgan fingerprint density at radius 2 is 2.08 bits per heavy atom. The molecule has 4 heteroatoms. The molecule has 68 valence electrons. The molecule has 0 aliphatic carbocycles. The van der Waals surface area contributed by atoms with Crippen LogP contribution in [0.2, 0.25) is 0 Å². The van der Waals surface area contributed by atoms with Crippen LogP contribution in [0.25, 0.3) is 10.4 Å². The van der Waals surface area contributed by atoms with Crippen molar-refractivity contribution in [3.8, 4) is 0 Å². The highest BCUT2D eigenvalue weighted by Crippen LogP contribution is 2.09. The average Bonchev–Trinajstić information content (AvgIpc) is 2.19. The Bertz CT molecular complexity index is 290. The first-order chi connectivity index (χ1) is 6.34. The van der Waals surface area contributed by atoms with E-state index in [0.29, 0.717) is 6.54 Å². The molecule has 0 aromatic heterocycles. The minimum absolute atomic E-state index is 0.502. The van der Waals surface area contributed by atoms with Crippen LogP contribution in [0.4, 0.5) is 5.69 Å². The maximum Gasteiger partial charge on any atom is 0.0434 e. The molecule has 0 amide bonds. The van der Waals surface area contributed by atoms with Crippen LogP contribution in [-0.2, 0) is 0 Å². The lowest BCUT2D eigenvalue weighted by molar-refractivity contribution is 0.880. The molecule has 0 aliphatic heterocycles. The zero-order chi connectivity index (χ0) is 9.52. The smallest absolute Gasteiger partial charge is 0.0434 e. The van der Waals surface area contributed by atoms with Crippen LogP contribution in [0, 0.1) is 0 Å². The van der Waals surface area contributed by atoms with Crippen molar-refractivity contribution >= 4 is 5.69 Å². The third-order valence-electron chi connectivity index (χ3n) is 1.80. The number of benzene rings is 1. The lowest BCUT2D eigenvalue weighted by Crippen LogP contribution is -2.20. The molecule has 0 bridgehead atoms. The summed E-state index contributed by atoms with van der Waals surface area (Å²) in [5, 5.41) is 3.48. The van der Waals surface area contributed by atoms with Crippen molar-refractivity contribution in [2.24, 2.45) is 5.11 Å². The first-order valence-electron chi connectivity index (χ1n) is 4.11. The van der Waals surface area contributed by atoms with Gasteiger partial charge < -0.3 is 4.90 Å². The van der Waals surface area contributed by atoms with Gasteiger partial charge in [0.15, 0.2) is 0 Å². The van der Waals surface area contributed by atoms with Gasteiger partial charge in [-0.25, -0.2) is 0 Å². The van der Waals surface area contributed by atoms with Gasteiger partial charge in [0.2, 0.25) is 0 Å².